The summed E-state index contributed by atoms with van der Waals surface area (Å²) in [6.45, 7) is 11.3. The molecule has 0 fully saturated rings. The van der Waals surface area contributed by atoms with E-state index in [0.717, 1.165) is 69.6 Å². The number of esters is 3. The Morgan fingerprint density at radius 2 is 0.717 bits per heavy atom. The van der Waals surface area contributed by atoms with Gasteiger partial charge in [0.25, 0.3) is 0 Å². The summed E-state index contributed by atoms with van der Waals surface area (Å²) in [7, 11) is 0. The third-order valence-electron chi connectivity index (χ3n) is 10.8. The van der Waals surface area contributed by atoms with Crippen LogP contribution in [0.25, 0.3) is 0 Å². The van der Waals surface area contributed by atoms with Gasteiger partial charge in [-0.25, -0.2) is 0 Å². The monoisotopic (exact) mass is 751 g/mol. The van der Waals surface area contributed by atoms with Crippen molar-refractivity contribution in [2.24, 2.45) is 11.8 Å². The Labute approximate surface area is 329 Å². The summed E-state index contributed by atoms with van der Waals surface area (Å²) in [6, 6.07) is 0. The van der Waals surface area contributed by atoms with Gasteiger partial charge in [0.05, 0.1) is 0 Å². The molecule has 0 aliphatic heterocycles. The minimum atomic E-state index is -0.761. The molecule has 0 saturated heterocycles. The SMILES string of the molecule is CCCCCCCCCCCCCCCC(=O)O[C@@H](COC(=O)CCCCCCCCCCCC(C)C)COC(=O)CCCCCCCCC(C)CC. The fourth-order valence-corrected chi connectivity index (χ4v) is 6.90. The summed E-state index contributed by atoms with van der Waals surface area (Å²) in [6.07, 6.45) is 38.0. The number of hydrogen-bond donors (Lipinski definition) is 0. The van der Waals surface area contributed by atoms with Gasteiger partial charge in [-0.05, 0) is 31.1 Å². The van der Waals surface area contributed by atoms with Crippen molar-refractivity contribution in [3.05, 3.63) is 0 Å². The van der Waals surface area contributed by atoms with Crippen molar-refractivity contribution in [3.8, 4) is 0 Å². The van der Waals surface area contributed by atoms with Crippen molar-refractivity contribution in [1.29, 1.82) is 0 Å². The summed E-state index contributed by atoms with van der Waals surface area (Å²) < 4.78 is 16.7. The normalized spacial score (nSPS) is 12.6. The Bertz CT molecular complexity index is 811. The maximum Gasteiger partial charge on any atom is 0.306 e. The van der Waals surface area contributed by atoms with Crippen LogP contribution in [-0.4, -0.2) is 37.2 Å². The van der Waals surface area contributed by atoms with Crippen LogP contribution < -0.4 is 0 Å². The van der Waals surface area contributed by atoms with Gasteiger partial charge in [0.15, 0.2) is 6.10 Å². The molecule has 0 radical (unpaired) electrons. The third-order valence-corrected chi connectivity index (χ3v) is 10.8. The van der Waals surface area contributed by atoms with Crippen LogP contribution in [0.3, 0.4) is 0 Å². The number of rotatable bonds is 41. The number of carbonyl (C=O) groups excluding carboxylic acids is 3. The van der Waals surface area contributed by atoms with Gasteiger partial charge >= 0.3 is 17.9 Å². The summed E-state index contributed by atoms with van der Waals surface area (Å²) >= 11 is 0. The van der Waals surface area contributed by atoms with E-state index in [0.29, 0.717) is 19.3 Å². The molecular weight excluding hydrogens is 661 g/mol. The molecule has 0 aliphatic carbocycles. The molecule has 0 aromatic rings. The first-order chi connectivity index (χ1) is 25.8. The highest BCUT2D eigenvalue weighted by molar-refractivity contribution is 5.71. The molecule has 6 nitrogen and oxygen atoms in total. The molecule has 0 bridgehead atoms. The van der Waals surface area contributed by atoms with Crippen LogP contribution in [0.1, 0.15) is 253 Å². The van der Waals surface area contributed by atoms with Gasteiger partial charge in [0, 0.05) is 19.3 Å². The number of hydrogen-bond acceptors (Lipinski definition) is 6. The Morgan fingerprint density at radius 3 is 1.08 bits per heavy atom. The first-order valence-electron chi connectivity index (χ1n) is 23.3. The highest BCUT2D eigenvalue weighted by atomic mass is 16.6. The average Bonchev–Trinajstić information content (AvgIpc) is 3.14. The molecule has 2 atom stereocenters. The minimum Gasteiger partial charge on any atom is -0.462 e. The molecule has 0 rings (SSSR count). The van der Waals surface area contributed by atoms with Crippen LogP contribution in [0.15, 0.2) is 0 Å². The average molecular weight is 751 g/mol. The second-order valence-electron chi connectivity index (χ2n) is 16.8. The van der Waals surface area contributed by atoms with E-state index < -0.39 is 6.10 Å². The van der Waals surface area contributed by atoms with Gasteiger partial charge in [0.2, 0.25) is 0 Å². The molecule has 0 heterocycles. The van der Waals surface area contributed by atoms with Crippen molar-refractivity contribution in [2.75, 3.05) is 13.2 Å². The molecule has 314 valence electrons. The Balaban J connectivity index is 4.34. The van der Waals surface area contributed by atoms with Crippen molar-refractivity contribution in [1.82, 2.24) is 0 Å². The molecule has 0 aromatic heterocycles. The van der Waals surface area contributed by atoms with E-state index in [-0.39, 0.29) is 31.1 Å². The highest BCUT2D eigenvalue weighted by Crippen LogP contribution is 2.17. The molecule has 0 saturated carbocycles. The van der Waals surface area contributed by atoms with Crippen LogP contribution in [-0.2, 0) is 28.6 Å². The van der Waals surface area contributed by atoms with Gasteiger partial charge < -0.3 is 14.2 Å². The molecule has 0 aromatic carbocycles. The lowest BCUT2D eigenvalue weighted by Gasteiger charge is -2.18. The molecule has 0 amide bonds. The fourth-order valence-electron chi connectivity index (χ4n) is 6.90. The highest BCUT2D eigenvalue weighted by Gasteiger charge is 2.19. The van der Waals surface area contributed by atoms with Crippen LogP contribution >= 0.6 is 0 Å². The topological polar surface area (TPSA) is 78.9 Å². The second kappa shape index (κ2) is 40.1. The van der Waals surface area contributed by atoms with Crippen molar-refractivity contribution in [2.45, 2.75) is 259 Å². The first kappa shape index (κ1) is 51.4. The lowest BCUT2D eigenvalue weighted by molar-refractivity contribution is -0.167. The number of unbranched alkanes of at least 4 members (excludes halogenated alkanes) is 25. The first-order valence-corrected chi connectivity index (χ1v) is 23.3. The maximum atomic E-state index is 12.7. The smallest absolute Gasteiger partial charge is 0.306 e. The summed E-state index contributed by atoms with van der Waals surface area (Å²) in [5.74, 6) is 0.764. The molecule has 0 spiro atoms. The van der Waals surface area contributed by atoms with E-state index in [2.05, 4.69) is 34.6 Å². The van der Waals surface area contributed by atoms with Gasteiger partial charge in [-0.2, -0.15) is 0 Å². The Morgan fingerprint density at radius 1 is 0.396 bits per heavy atom. The summed E-state index contributed by atoms with van der Waals surface area (Å²) in [5.41, 5.74) is 0. The van der Waals surface area contributed by atoms with Crippen LogP contribution in [0.2, 0.25) is 0 Å². The minimum absolute atomic E-state index is 0.0656. The number of ether oxygens (including phenoxy) is 3. The predicted octanol–water partition coefficient (Wildman–Crippen LogP) is 14.6. The Kier molecular flexibility index (Phi) is 38.9. The lowest BCUT2D eigenvalue weighted by Crippen LogP contribution is -2.30. The summed E-state index contributed by atoms with van der Waals surface area (Å²) in [4.78, 5) is 37.7. The lowest BCUT2D eigenvalue weighted by atomic mass is 10.00. The largest absolute Gasteiger partial charge is 0.462 e. The van der Waals surface area contributed by atoms with Gasteiger partial charge in [-0.1, -0.05) is 214 Å². The molecular formula is C47H90O6. The van der Waals surface area contributed by atoms with E-state index in [1.807, 2.05) is 0 Å². The zero-order valence-corrected chi connectivity index (χ0v) is 36.1. The van der Waals surface area contributed by atoms with E-state index in [1.54, 1.807) is 0 Å². The predicted molar refractivity (Wildman–Crippen MR) is 224 cm³/mol. The Hall–Kier alpha value is -1.59. The third kappa shape index (κ3) is 39.9. The van der Waals surface area contributed by atoms with Crippen LogP contribution in [0, 0.1) is 11.8 Å². The zero-order valence-electron chi connectivity index (χ0n) is 36.1. The van der Waals surface area contributed by atoms with Crippen LogP contribution in [0.5, 0.6) is 0 Å². The van der Waals surface area contributed by atoms with E-state index in [1.165, 1.54) is 141 Å². The standard InChI is InChI=1S/C47H90O6/c1-6-8-9-10-11-12-13-14-15-18-22-29-34-39-47(50)53-44(41-52-46(49)38-33-28-24-23-26-31-36-43(5)7-2)40-51-45(48)37-32-27-21-19-16-17-20-25-30-35-42(3)4/h42-44H,6-41H2,1-5H3/t43?,44-/m0/s1. The molecule has 53 heavy (non-hydrogen) atoms. The van der Waals surface area contributed by atoms with Crippen molar-refractivity contribution >= 4 is 17.9 Å². The molecule has 0 aliphatic rings. The summed E-state index contributed by atoms with van der Waals surface area (Å²) in [5, 5.41) is 0. The molecule has 0 N–H and O–H groups in total. The fraction of sp³-hybridized carbons (Fsp3) is 0.936. The number of carbonyl (C=O) groups is 3. The molecule has 6 heteroatoms. The van der Waals surface area contributed by atoms with E-state index in [4.69, 9.17) is 14.2 Å². The molecule has 1 unspecified atom stereocenters. The van der Waals surface area contributed by atoms with Crippen molar-refractivity contribution < 1.29 is 28.6 Å². The maximum absolute atomic E-state index is 12.7. The van der Waals surface area contributed by atoms with E-state index in [9.17, 15) is 14.4 Å². The van der Waals surface area contributed by atoms with Gasteiger partial charge in [-0.3, -0.25) is 14.4 Å². The van der Waals surface area contributed by atoms with Gasteiger partial charge in [0.1, 0.15) is 13.2 Å². The zero-order chi connectivity index (χ0) is 39.0. The quantitative estimate of drug-likeness (QED) is 0.0352. The van der Waals surface area contributed by atoms with E-state index >= 15 is 0 Å². The van der Waals surface area contributed by atoms with Crippen molar-refractivity contribution in [3.63, 3.8) is 0 Å². The second-order valence-corrected chi connectivity index (χ2v) is 16.8. The van der Waals surface area contributed by atoms with Crippen LogP contribution in [0.4, 0.5) is 0 Å². The van der Waals surface area contributed by atoms with Gasteiger partial charge in [-0.15, -0.1) is 0 Å².